The molecule has 1 aliphatic carbocycles. The maximum Gasteiger partial charge on any atom is 0.421 e. The van der Waals surface area contributed by atoms with E-state index in [1.54, 1.807) is 0 Å². The van der Waals surface area contributed by atoms with Gasteiger partial charge in [-0.3, -0.25) is 9.10 Å². The molecule has 0 radical (unpaired) electrons. The molecule has 0 saturated heterocycles. The number of carbonyl (C=O) groups excluding carboxylic acids is 1. The molecule has 208 valence electrons. The predicted octanol–water partition coefficient (Wildman–Crippen LogP) is 5.01. The van der Waals surface area contributed by atoms with Gasteiger partial charge >= 0.3 is 6.18 Å². The molecule has 38 heavy (non-hydrogen) atoms. The van der Waals surface area contributed by atoms with Crippen LogP contribution in [-0.4, -0.2) is 42.7 Å². The number of aliphatic hydroxyl groups is 2. The lowest BCUT2D eigenvalue weighted by Crippen LogP contribution is -2.45. The standard InChI is InChI=1S/C27H31F4NO5S/c1-26(35,27(29,30)31)19-5-13-25-18(15-19)4-8-21(16-23(34)14-17-2-9-22(33)10-3-17)32(25)38(36,37)24-11-6-20(28)7-12-24/h5-7,11-13,15,17,21-22,33,35H,2-4,8-10,14,16H2,1H3. The molecule has 2 unspecified atom stereocenters. The summed E-state index contributed by atoms with van der Waals surface area (Å²) in [6.45, 7) is 0.635. The van der Waals surface area contributed by atoms with Crippen LogP contribution in [-0.2, 0) is 26.8 Å². The predicted molar refractivity (Wildman–Crippen MR) is 132 cm³/mol. The van der Waals surface area contributed by atoms with Gasteiger partial charge in [-0.05, 0) is 92.8 Å². The molecule has 0 amide bonds. The first-order chi connectivity index (χ1) is 17.7. The first kappa shape index (κ1) is 28.5. The molecule has 1 aliphatic heterocycles. The van der Waals surface area contributed by atoms with Crippen LogP contribution in [0.3, 0.4) is 0 Å². The summed E-state index contributed by atoms with van der Waals surface area (Å²) >= 11 is 0. The minimum atomic E-state index is -4.94. The molecule has 2 aliphatic rings. The number of carbonyl (C=O) groups is 1. The summed E-state index contributed by atoms with van der Waals surface area (Å²) in [4.78, 5) is 12.8. The number of anilines is 1. The summed E-state index contributed by atoms with van der Waals surface area (Å²) in [7, 11) is -4.31. The minimum absolute atomic E-state index is 0.0824. The third kappa shape index (κ3) is 5.74. The van der Waals surface area contributed by atoms with Crippen LogP contribution in [0.5, 0.6) is 0 Å². The summed E-state index contributed by atoms with van der Waals surface area (Å²) in [5.74, 6) is -0.654. The number of sulfonamides is 1. The molecule has 4 rings (SSSR count). The van der Waals surface area contributed by atoms with Crippen molar-refractivity contribution >= 4 is 21.5 Å². The van der Waals surface area contributed by atoms with Gasteiger partial charge in [0.05, 0.1) is 22.7 Å². The number of ketones is 1. The van der Waals surface area contributed by atoms with Crippen molar-refractivity contribution in [2.45, 2.75) is 87.1 Å². The second-order valence-corrected chi connectivity index (χ2v) is 12.3. The number of aryl methyl sites for hydroxylation is 1. The summed E-state index contributed by atoms with van der Waals surface area (Å²) in [6, 6.07) is 6.84. The lowest BCUT2D eigenvalue weighted by molar-refractivity contribution is -0.258. The molecule has 1 saturated carbocycles. The van der Waals surface area contributed by atoms with Crippen molar-refractivity contribution in [3.8, 4) is 0 Å². The Bertz CT molecular complexity index is 1270. The van der Waals surface area contributed by atoms with Crippen LogP contribution in [0.2, 0.25) is 0 Å². The van der Waals surface area contributed by atoms with Crippen molar-refractivity contribution in [2.75, 3.05) is 4.31 Å². The zero-order valence-corrected chi connectivity index (χ0v) is 21.7. The third-order valence-electron chi connectivity index (χ3n) is 7.68. The van der Waals surface area contributed by atoms with Gasteiger partial charge in [-0.1, -0.05) is 12.1 Å². The summed E-state index contributed by atoms with van der Waals surface area (Å²) < 4.78 is 82.5. The van der Waals surface area contributed by atoms with Gasteiger partial charge in [0, 0.05) is 12.8 Å². The van der Waals surface area contributed by atoms with Crippen molar-refractivity contribution < 1.29 is 41.0 Å². The highest BCUT2D eigenvalue weighted by Crippen LogP contribution is 2.43. The molecule has 2 aromatic carbocycles. The maximum atomic E-state index is 13.8. The highest BCUT2D eigenvalue weighted by molar-refractivity contribution is 7.92. The summed E-state index contributed by atoms with van der Waals surface area (Å²) in [5, 5.41) is 19.9. The van der Waals surface area contributed by atoms with Gasteiger partial charge in [0.2, 0.25) is 0 Å². The van der Waals surface area contributed by atoms with Gasteiger partial charge in [0.15, 0.2) is 5.60 Å². The molecule has 11 heteroatoms. The fraction of sp³-hybridized carbons (Fsp3) is 0.519. The number of nitrogens with zero attached hydrogens (tertiary/aromatic N) is 1. The lowest BCUT2D eigenvalue weighted by atomic mass is 9.83. The van der Waals surface area contributed by atoms with Crippen LogP contribution < -0.4 is 4.31 Å². The summed E-state index contributed by atoms with van der Waals surface area (Å²) in [6.07, 6.45) is -2.10. The Morgan fingerprint density at radius 2 is 1.63 bits per heavy atom. The average molecular weight is 558 g/mol. The van der Waals surface area contributed by atoms with Crippen molar-refractivity contribution in [1.29, 1.82) is 0 Å². The van der Waals surface area contributed by atoms with Crippen molar-refractivity contribution in [1.82, 2.24) is 0 Å². The Labute approximate surface area is 219 Å². The molecule has 6 nitrogen and oxygen atoms in total. The molecule has 2 atom stereocenters. The minimum Gasteiger partial charge on any atom is -0.393 e. The topological polar surface area (TPSA) is 94.9 Å². The Balaban J connectivity index is 1.68. The van der Waals surface area contributed by atoms with E-state index in [1.165, 1.54) is 6.07 Å². The number of halogens is 4. The molecular formula is C27H31F4NO5S. The molecule has 0 spiro atoms. The van der Waals surface area contributed by atoms with Crippen molar-refractivity contribution in [3.63, 3.8) is 0 Å². The smallest absolute Gasteiger partial charge is 0.393 e. The van der Waals surface area contributed by atoms with Crippen LogP contribution in [0, 0.1) is 11.7 Å². The number of alkyl halides is 3. The maximum absolute atomic E-state index is 13.8. The SMILES string of the molecule is CC(O)(c1ccc2c(c1)CCC(CC(=O)CC1CCC(O)CC1)N2S(=O)(=O)c1ccc(F)cc1)C(F)(F)F. The van der Waals surface area contributed by atoms with Crippen molar-refractivity contribution in [2.24, 2.45) is 5.92 Å². The molecule has 2 N–H and O–H groups in total. The zero-order chi connectivity index (χ0) is 27.9. The largest absolute Gasteiger partial charge is 0.421 e. The number of benzene rings is 2. The zero-order valence-electron chi connectivity index (χ0n) is 20.9. The normalized spacial score (nSPS) is 24.0. The molecule has 1 heterocycles. The fourth-order valence-corrected chi connectivity index (χ4v) is 7.07. The molecule has 0 bridgehead atoms. The number of hydrogen-bond donors (Lipinski definition) is 2. The van der Waals surface area contributed by atoms with E-state index in [-0.39, 0.29) is 54.1 Å². The highest BCUT2D eigenvalue weighted by atomic mass is 32.2. The second kappa shape index (κ2) is 10.6. The van der Waals surface area contributed by atoms with Crippen LogP contribution >= 0.6 is 0 Å². The quantitative estimate of drug-likeness (QED) is 0.467. The number of fused-ring (bicyclic) bond motifs is 1. The van der Waals surface area contributed by atoms with Crippen LogP contribution in [0.15, 0.2) is 47.4 Å². The van der Waals surface area contributed by atoms with Crippen LogP contribution in [0.4, 0.5) is 23.2 Å². The Hall–Kier alpha value is -2.50. The fourth-order valence-electron chi connectivity index (χ4n) is 5.35. The Morgan fingerprint density at radius 3 is 2.24 bits per heavy atom. The average Bonchev–Trinajstić information content (AvgIpc) is 2.84. The van der Waals surface area contributed by atoms with E-state index in [4.69, 9.17) is 0 Å². The van der Waals surface area contributed by atoms with E-state index in [9.17, 15) is 41.0 Å². The molecule has 0 aromatic heterocycles. The van der Waals surface area contributed by atoms with Gasteiger partial charge in [0.1, 0.15) is 11.6 Å². The van der Waals surface area contributed by atoms with Gasteiger partial charge in [-0.25, -0.2) is 12.8 Å². The lowest BCUT2D eigenvalue weighted by Gasteiger charge is -2.39. The number of aliphatic hydroxyl groups excluding tert-OH is 1. The number of Topliss-reactive ketones (excluding diaryl/α,β-unsaturated/α-hetero) is 1. The van der Waals surface area contributed by atoms with E-state index in [0.717, 1.165) is 40.7 Å². The van der Waals surface area contributed by atoms with E-state index in [0.29, 0.717) is 38.2 Å². The van der Waals surface area contributed by atoms with Gasteiger partial charge < -0.3 is 10.2 Å². The molecular weight excluding hydrogens is 526 g/mol. The highest BCUT2D eigenvalue weighted by Gasteiger charge is 2.51. The molecule has 2 aromatic rings. The monoisotopic (exact) mass is 557 g/mol. The van der Waals surface area contributed by atoms with E-state index in [1.807, 2.05) is 0 Å². The van der Waals surface area contributed by atoms with Gasteiger partial charge in [-0.15, -0.1) is 0 Å². The van der Waals surface area contributed by atoms with Crippen LogP contribution in [0.1, 0.15) is 63.0 Å². The second-order valence-electron chi connectivity index (χ2n) is 10.5. The van der Waals surface area contributed by atoms with E-state index >= 15 is 0 Å². The first-order valence-electron chi connectivity index (χ1n) is 12.6. The number of rotatable bonds is 7. The molecule has 1 fully saturated rings. The van der Waals surface area contributed by atoms with Gasteiger partial charge in [-0.2, -0.15) is 13.2 Å². The van der Waals surface area contributed by atoms with Crippen LogP contribution in [0.25, 0.3) is 0 Å². The third-order valence-corrected chi connectivity index (χ3v) is 9.56. The van der Waals surface area contributed by atoms with E-state index < -0.39 is 39.2 Å². The first-order valence-corrected chi connectivity index (χ1v) is 14.1. The number of hydrogen-bond acceptors (Lipinski definition) is 5. The van der Waals surface area contributed by atoms with Gasteiger partial charge in [0.25, 0.3) is 10.0 Å². The summed E-state index contributed by atoms with van der Waals surface area (Å²) in [5.41, 5.74) is -3.14. The van der Waals surface area contributed by atoms with E-state index in [2.05, 4.69) is 0 Å². The Kier molecular flexibility index (Phi) is 7.94. The Morgan fingerprint density at radius 1 is 1.00 bits per heavy atom. The van der Waals surface area contributed by atoms with Crippen molar-refractivity contribution in [3.05, 3.63) is 59.4 Å².